The Morgan fingerprint density at radius 2 is 1.79 bits per heavy atom. The third-order valence-electron chi connectivity index (χ3n) is 3.29. The van der Waals surface area contributed by atoms with Gasteiger partial charge in [0.1, 0.15) is 0 Å². The molecular formula is C16H17F2N. The molecule has 1 nitrogen and oxygen atoms in total. The summed E-state index contributed by atoms with van der Waals surface area (Å²) in [6.45, 7) is 4.65. The van der Waals surface area contributed by atoms with Gasteiger partial charge < -0.3 is 5.32 Å². The van der Waals surface area contributed by atoms with E-state index in [1.807, 2.05) is 25.1 Å². The highest BCUT2D eigenvalue weighted by Gasteiger charge is 2.07. The molecule has 2 rings (SSSR count). The van der Waals surface area contributed by atoms with Gasteiger partial charge in [-0.2, -0.15) is 0 Å². The van der Waals surface area contributed by atoms with Crippen molar-refractivity contribution in [2.75, 3.05) is 5.32 Å². The van der Waals surface area contributed by atoms with Gasteiger partial charge in [-0.15, -0.1) is 0 Å². The summed E-state index contributed by atoms with van der Waals surface area (Å²) < 4.78 is 25.2. The Labute approximate surface area is 112 Å². The van der Waals surface area contributed by atoms with Gasteiger partial charge in [-0.25, -0.2) is 8.78 Å². The Morgan fingerprint density at radius 3 is 2.53 bits per heavy atom. The number of benzene rings is 2. The highest BCUT2D eigenvalue weighted by molar-refractivity contribution is 5.53. The summed E-state index contributed by atoms with van der Waals surface area (Å²) in [5.74, 6) is 0. The summed E-state index contributed by atoms with van der Waals surface area (Å²) in [6.07, 6.45) is -2.42. The lowest BCUT2D eigenvalue weighted by atomic mass is 10.1. The highest BCUT2D eigenvalue weighted by Crippen LogP contribution is 2.21. The molecule has 0 radical (unpaired) electrons. The zero-order valence-corrected chi connectivity index (χ0v) is 11.1. The third kappa shape index (κ3) is 3.31. The van der Waals surface area contributed by atoms with E-state index < -0.39 is 6.43 Å². The van der Waals surface area contributed by atoms with Crippen molar-refractivity contribution in [3.63, 3.8) is 0 Å². The van der Waals surface area contributed by atoms with Crippen molar-refractivity contribution < 1.29 is 8.78 Å². The summed E-state index contributed by atoms with van der Waals surface area (Å²) in [7, 11) is 0. The molecule has 0 aliphatic carbocycles. The molecule has 0 atom stereocenters. The van der Waals surface area contributed by atoms with E-state index in [2.05, 4.69) is 18.3 Å². The van der Waals surface area contributed by atoms with Gasteiger partial charge in [-0.3, -0.25) is 0 Å². The molecule has 0 bridgehead atoms. The van der Waals surface area contributed by atoms with Crippen molar-refractivity contribution in [3.8, 4) is 0 Å². The molecule has 2 aromatic carbocycles. The summed E-state index contributed by atoms with van der Waals surface area (Å²) in [4.78, 5) is 0. The van der Waals surface area contributed by atoms with Gasteiger partial charge in [0.15, 0.2) is 0 Å². The molecule has 0 aliphatic rings. The molecule has 0 aliphatic heterocycles. The van der Waals surface area contributed by atoms with Crippen LogP contribution >= 0.6 is 0 Å². The fourth-order valence-electron chi connectivity index (χ4n) is 1.98. The SMILES string of the molecule is Cc1cccc(NCc2cccc(C(F)F)c2)c1C. The Morgan fingerprint density at radius 1 is 1.05 bits per heavy atom. The molecule has 19 heavy (non-hydrogen) atoms. The first-order chi connectivity index (χ1) is 9.08. The predicted molar refractivity (Wildman–Crippen MR) is 74.6 cm³/mol. The zero-order valence-electron chi connectivity index (χ0n) is 11.1. The number of nitrogens with one attached hydrogen (secondary N) is 1. The molecule has 2 aromatic rings. The maximum atomic E-state index is 12.6. The first kappa shape index (κ1) is 13.5. The van der Waals surface area contributed by atoms with E-state index in [4.69, 9.17) is 0 Å². The van der Waals surface area contributed by atoms with Gasteiger partial charge in [0.05, 0.1) is 0 Å². The average Bonchev–Trinajstić information content (AvgIpc) is 2.41. The molecule has 3 heteroatoms. The van der Waals surface area contributed by atoms with Crippen LogP contribution in [0.3, 0.4) is 0 Å². The maximum absolute atomic E-state index is 12.6. The highest BCUT2D eigenvalue weighted by atomic mass is 19.3. The van der Waals surface area contributed by atoms with E-state index in [9.17, 15) is 8.78 Å². The average molecular weight is 261 g/mol. The van der Waals surface area contributed by atoms with Gasteiger partial charge in [-0.1, -0.05) is 30.3 Å². The summed E-state index contributed by atoms with van der Waals surface area (Å²) in [5, 5.41) is 3.29. The topological polar surface area (TPSA) is 12.0 Å². The van der Waals surface area contributed by atoms with Gasteiger partial charge in [0, 0.05) is 17.8 Å². The molecule has 0 heterocycles. The molecule has 1 N–H and O–H groups in total. The van der Waals surface area contributed by atoms with Crippen LogP contribution in [0.5, 0.6) is 0 Å². The van der Waals surface area contributed by atoms with E-state index in [0.717, 1.165) is 11.3 Å². The fraction of sp³-hybridized carbons (Fsp3) is 0.250. The molecule has 0 amide bonds. The van der Waals surface area contributed by atoms with Crippen LogP contribution in [-0.4, -0.2) is 0 Å². The zero-order chi connectivity index (χ0) is 13.8. The smallest absolute Gasteiger partial charge is 0.263 e. The Balaban J connectivity index is 2.10. The van der Waals surface area contributed by atoms with Crippen molar-refractivity contribution in [2.24, 2.45) is 0 Å². The Hall–Kier alpha value is -1.90. The number of anilines is 1. The molecule has 0 saturated heterocycles. The Bertz CT molecular complexity index is 564. The van der Waals surface area contributed by atoms with Crippen LogP contribution < -0.4 is 5.32 Å². The second kappa shape index (κ2) is 5.83. The van der Waals surface area contributed by atoms with Gasteiger partial charge in [0.25, 0.3) is 6.43 Å². The van der Waals surface area contributed by atoms with Gasteiger partial charge in [0.2, 0.25) is 0 Å². The van der Waals surface area contributed by atoms with Crippen molar-refractivity contribution in [2.45, 2.75) is 26.8 Å². The van der Waals surface area contributed by atoms with Crippen LogP contribution in [0.15, 0.2) is 42.5 Å². The van der Waals surface area contributed by atoms with E-state index in [0.29, 0.717) is 6.54 Å². The third-order valence-corrected chi connectivity index (χ3v) is 3.29. The summed E-state index contributed by atoms with van der Waals surface area (Å²) in [6, 6.07) is 12.6. The van der Waals surface area contributed by atoms with Crippen molar-refractivity contribution >= 4 is 5.69 Å². The quantitative estimate of drug-likeness (QED) is 0.829. The first-order valence-electron chi connectivity index (χ1n) is 6.25. The molecule has 0 aromatic heterocycles. The summed E-state index contributed by atoms with van der Waals surface area (Å²) >= 11 is 0. The maximum Gasteiger partial charge on any atom is 0.263 e. The molecule has 0 unspecified atom stereocenters. The lowest BCUT2D eigenvalue weighted by molar-refractivity contribution is 0.151. The van der Waals surface area contributed by atoms with Crippen LogP contribution in [0.4, 0.5) is 14.5 Å². The van der Waals surface area contributed by atoms with Gasteiger partial charge >= 0.3 is 0 Å². The monoisotopic (exact) mass is 261 g/mol. The molecule has 0 fully saturated rings. The number of hydrogen-bond acceptors (Lipinski definition) is 1. The minimum absolute atomic E-state index is 0.0697. The first-order valence-corrected chi connectivity index (χ1v) is 6.25. The van der Waals surface area contributed by atoms with E-state index in [1.54, 1.807) is 12.1 Å². The van der Waals surface area contributed by atoms with Crippen LogP contribution in [-0.2, 0) is 6.54 Å². The van der Waals surface area contributed by atoms with E-state index >= 15 is 0 Å². The van der Waals surface area contributed by atoms with Crippen LogP contribution in [0.1, 0.15) is 28.7 Å². The molecule has 0 spiro atoms. The van der Waals surface area contributed by atoms with E-state index in [1.165, 1.54) is 17.2 Å². The number of aryl methyl sites for hydroxylation is 1. The van der Waals surface area contributed by atoms with E-state index in [-0.39, 0.29) is 5.56 Å². The standard InChI is InChI=1S/C16H17F2N/c1-11-5-3-8-15(12(11)2)19-10-13-6-4-7-14(9-13)16(17)18/h3-9,16,19H,10H2,1-2H3. The largest absolute Gasteiger partial charge is 0.381 e. The van der Waals surface area contributed by atoms with Crippen molar-refractivity contribution in [3.05, 3.63) is 64.7 Å². The van der Waals surface area contributed by atoms with Gasteiger partial charge in [-0.05, 0) is 42.7 Å². The second-order valence-corrected chi connectivity index (χ2v) is 4.65. The fourth-order valence-corrected chi connectivity index (χ4v) is 1.98. The number of halogens is 2. The minimum Gasteiger partial charge on any atom is -0.381 e. The van der Waals surface area contributed by atoms with Crippen LogP contribution in [0.25, 0.3) is 0 Å². The molecule has 100 valence electrons. The van der Waals surface area contributed by atoms with Crippen molar-refractivity contribution in [1.29, 1.82) is 0 Å². The molecule has 0 saturated carbocycles. The molecular weight excluding hydrogens is 244 g/mol. The normalized spacial score (nSPS) is 10.8. The van der Waals surface area contributed by atoms with Crippen LogP contribution in [0.2, 0.25) is 0 Å². The Kier molecular flexibility index (Phi) is 4.15. The van der Waals surface area contributed by atoms with Crippen molar-refractivity contribution in [1.82, 2.24) is 0 Å². The minimum atomic E-state index is -2.42. The van der Waals surface area contributed by atoms with Crippen LogP contribution in [0, 0.1) is 13.8 Å². The lowest BCUT2D eigenvalue weighted by Crippen LogP contribution is -2.02. The number of hydrogen-bond donors (Lipinski definition) is 1. The summed E-state index contributed by atoms with van der Waals surface area (Å²) in [5.41, 5.74) is 4.38. The lowest BCUT2D eigenvalue weighted by Gasteiger charge is -2.12. The second-order valence-electron chi connectivity index (χ2n) is 4.65. The number of alkyl halides is 2. The number of rotatable bonds is 4. The predicted octanol–water partition coefficient (Wildman–Crippen LogP) is 4.85.